The molecule has 1 aromatic carbocycles. The van der Waals surface area contributed by atoms with Gasteiger partial charge in [0, 0.05) is 17.6 Å². The third kappa shape index (κ3) is 4.75. The fourth-order valence-electron chi connectivity index (χ4n) is 1.37. The number of carbonyl (C=O) groups is 1. The van der Waals surface area contributed by atoms with Crippen molar-refractivity contribution < 1.29 is 9.53 Å². The van der Waals surface area contributed by atoms with Gasteiger partial charge in [-0.2, -0.15) is 0 Å². The number of rotatable bonds is 5. The minimum absolute atomic E-state index is 0.0302. The minimum atomic E-state index is -0.624. The maximum Gasteiger partial charge on any atom is 0.258 e. The zero-order valence-electron chi connectivity index (χ0n) is 11.5. The lowest BCUT2D eigenvalue weighted by molar-refractivity contribution is -0.124. The van der Waals surface area contributed by atoms with E-state index >= 15 is 0 Å². The Balaban J connectivity index is 2.76. The molecule has 3 N–H and O–H groups in total. The van der Waals surface area contributed by atoms with Crippen molar-refractivity contribution in [2.45, 2.75) is 45.9 Å². The van der Waals surface area contributed by atoms with Crippen LogP contribution in [0, 0.1) is 0 Å². The molecule has 0 aliphatic carbocycles. The number of para-hydroxylation sites is 1. The van der Waals surface area contributed by atoms with Crippen LogP contribution in [0.25, 0.3) is 0 Å². The van der Waals surface area contributed by atoms with Crippen LogP contribution in [0.2, 0.25) is 0 Å². The number of hydrogen-bond acceptors (Lipinski definition) is 3. The van der Waals surface area contributed by atoms with E-state index in [-0.39, 0.29) is 5.54 Å². The van der Waals surface area contributed by atoms with Crippen molar-refractivity contribution in [2.75, 3.05) is 0 Å². The Bertz CT molecular complexity index is 411. The van der Waals surface area contributed by atoms with Crippen molar-refractivity contribution in [3.63, 3.8) is 0 Å². The summed E-state index contributed by atoms with van der Waals surface area (Å²) in [4.78, 5) is 11.0. The van der Waals surface area contributed by atoms with E-state index in [1.807, 2.05) is 24.3 Å². The first-order chi connectivity index (χ1) is 8.29. The summed E-state index contributed by atoms with van der Waals surface area (Å²) in [5.74, 6) is 0.231. The highest BCUT2D eigenvalue weighted by Gasteiger charge is 2.14. The SMILES string of the molecule is CC(Oc1ccccc1CNC(C)(C)C)C(N)=O. The molecule has 18 heavy (non-hydrogen) atoms. The highest BCUT2D eigenvalue weighted by atomic mass is 16.5. The number of benzene rings is 1. The predicted molar refractivity (Wildman–Crippen MR) is 72.3 cm³/mol. The van der Waals surface area contributed by atoms with Crippen molar-refractivity contribution in [1.82, 2.24) is 5.32 Å². The highest BCUT2D eigenvalue weighted by molar-refractivity contribution is 5.78. The van der Waals surface area contributed by atoms with E-state index in [0.29, 0.717) is 12.3 Å². The molecule has 0 radical (unpaired) electrons. The van der Waals surface area contributed by atoms with E-state index in [4.69, 9.17) is 10.5 Å². The molecule has 0 spiro atoms. The molecular weight excluding hydrogens is 228 g/mol. The van der Waals surface area contributed by atoms with Crippen LogP contribution in [-0.2, 0) is 11.3 Å². The Morgan fingerprint density at radius 1 is 1.39 bits per heavy atom. The second-order valence-electron chi connectivity index (χ2n) is 5.37. The highest BCUT2D eigenvalue weighted by Crippen LogP contribution is 2.20. The largest absolute Gasteiger partial charge is 0.481 e. The monoisotopic (exact) mass is 250 g/mol. The summed E-state index contributed by atoms with van der Waals surface area (Å²) in [6.45, 7) is 8.63. The molecule has 4 heteroatoms. The summed E-state index contributed by atoms with van der Waals surface area (Å²) in [5.41, 5.74) is 6.24. The molecule has 0 aromatic heterocycles. The molecule has 1 atom stereocenters. The Morgan fingerprint density at radius 2 is 2.00 bits per heavy atom. The van der Waals surface area contributed by atoms with E-state index in [1.54, 1.807) is 6.92 Å². The van der Waals surface area contributed by atoms with E-state index in [1.165, 1.54) is 0 Å². The van der Waals surface area contributed by atoms with Crippen LogP contribution in [0.1, 0.15) is 33.3 Å². The van der Waals surface area contributed by atoms with Crippen LogP contribution >= 0.6 is 0 Å². The number of nitrogens with two attached hydrogens (primary N) is 1. The first kappa shape index (κ1) is 14.5. The maximum atomic E-state index is 11.0. The molecule has 0 fully saturated rings. The third-order valence-electron chi connectivity index (χ3n) is 2.49. The second kappa shape index (κ2) is 5.87. The average molecular weight is 250 g/mol. The fraction of sp³-hybridized carbons (Fsp3) is 0.500. The van der Waals surface area contributed by atoms with Gasteiger partial charge in [0.05, 0.1) is 0 Å². The predicted octanol–water partition coefficient (Wildman–Crippen LogP) is 1.83. The summed E-state index contributed by atoms with van der Waals surface area (Å²) in [7, 11) is 0. The van der Waals surface area contributed by atoms with Crippen LogP contribution in [-0.4, -0.2) is 17.6 Å². The Hall–Kier alpha value is -1.55. The molecule has 0 saturated carbocycles. The van der Waals surface area contributed by atoms with E-state index in [0.717, 1.165) is 5.56 Å². The number of nitrogens with one attached hydrogen (secondary N) is 1. The lowest BCUT2D eigenvalue weighted by atomic mass is 10.1. The lowest BCUT2D eigenvalue weighted by Gasteiger charge is -2.22. The van der Waals surface area contributed by atoms with Crippen LogP contribution in [0.3, 0.4) is 0 Å². The molecule has 4 nitrogen and oxygen atoms in total. The minimum Gasteiger partial charge on any atom is -0.481 e. The fourth-order valence-corrected chi connectivity index (χ4v) is 1.37. The Morgan fingerprint density at radius 3 is 2.56 bits per heavy atom. The molecule has 100 valence electrons. The smallest absolute Gasteiger partial charge is 0.258 e. The molecule has 1 rings (SSSR count). The summed E-state index contributed by atoms with van der Waals surface area (Å²) in [6.07, 6.45) is -0.624. The molecule has 0 heterocycles. The van der Waals surface area contributed by atoms with Gasteiger partial charge in [-0.15, -0.1) is 0 Å². The molecule has 0 aliphatic rings. The summed E-state index contributed by atoms with van der Waals surface area (Å²) >= 11 is 0. The zero-order chi connectivity index (χ0) is 13.8. The standard InChI is InChI=1S/C14H22N2O2/c1-10(13(15)17)18-12-8-6-5-7-11(12)9-16-14(2,3)4/h5-8,10,16H,9H2,1-4H3,(H2,15,17). The van der Waals surface area contributed by atoms with Crippen molar-refractivity contribution in [3.05, 3.63) is 29.8 Å². The molecule has 1 aromatic rings. The van der Waals surface area contributed by atoms with Gasteiger partial charge in [-0.3, -0.25) is 4.79 Å². The third-order valence-corrected chi connectivity index (χ3v) is 2.49. The van der Waals surface area contributed by atoms with Gasteiger partial charge in [-0.25, -0.2) is 0 Å². The van der Waals surface area contributed by atoms with Gasteiger partial charge in [-0.1, -0.05) is 18.2 Å². The van der Waals surface area contributed by atoms with Gasteiger partial charge in [0.2, 0.25) is 0 Å². The quantitative estimate of drug-likeness (QED) is 0.838. The van der Waals surface area contributed by atoms with Crippen molar-refractivity contribution in [1.29, 1.82) is 0 Å². The molecule has 1 amide bonds. The van der Waals surface area contributed by atoms with Crippen LogP contribution in [0.5, 0.6) is 5.75 Å². The Labute approximate surface area is 109 Å². The topological polar surface area (TPSA) is 64.3 Å². The van der Waals surface area contributed by atoms with E-state index in [9.17, 15) is 4.79 Å². The van der Waals surface area contributed by atoms with Gasteiger partial charge in [-0.05, 0) is 33.8 Å². The van der Waals surface area contributed by atoms with Gasteiger partial charge in [0.25, 0.3) is 5.91 Å². The van der Waals surface area contributed by atoms with Gasteiger partial charge >= 0.3 is 0 Å². The molecular formula is C14H22N2O2. The molecule has 1 unspecified atom stereocenters. The summed E-state index contributed by atoms with van der Waals surface area (Å²) in [5, 5.41) is 3.38. The van der Waals surface area contributed by atoms with Crippen molar-refractivity contribution in [2.24, 2.45) is 5.73 Å². The average Bonchev–Trinajstić information content (AvgIpc) is 2.26. The van der Waals surface area contributed by atoms with E-state index in [2.05, 4.69) is 26.1 Å². The first-order valence-electron chi connectivity index (χ1n) is 6.08. The maximum absolute atomic E-state index is 11.0. The van der Waals surface area contributed by atoms with Gasteiger partial charge < -0.3 is 15.8 Å². The van der Waals surface area contributed by atoms with Crippen LogP contribution < -0.4 is 15.8 Å². The second-order valence-corrected chi connectivity index (χ2v) is 5.37. The number of ether oxygens (including phenoxy) is 1. The van der Waals surface area contributed by atoms with Gasteiger partial charge in [0.1, 0.15) is 5.75 Å². The number of primary amides is 1. The van der Waals surface area contributed by atoms with Gasteiger partial charge in [0.15, 0.2) is 6.10 Å². The molecule has 0 aliphatic heterocycles. The first-order valence-corrected chi connectivity index (χ1v) is 6.08. The summed E-state index contributed by atoms with van der Waals surface area (Å²) in [6, 6.07) is 7.64. The Kier molecular flexibility index (Phi) is 4.73. The number of hydrogen-bond donors (Lipinski definition) is 2. The van der Waals surface area contributed by atoms with E-state index < -0.39 is 12.0 Å². The zero-order valence-corrected chi connectivity index (χ0v) is 11.5. The van der Waals surface area contributed by atoms with Crippen LogP contribution in [0.15, 0.2) is 24.3 Å². The summed E-state index contributed by atoms with van der Waals surface area (Å²) < 4.78 is 5.56. The lowest BCUT2D eigenvalue weighted by Crippen LogP contribution is -2.35. The van der Waals surface area contributed by atoms with Crippen LogP contribution in [0.4, 0.5) is 0 Å². The molecule has 0 saturated heterocycles. The van der Waals surface area contributed by atoms with Crippen molar-refractivity contribution in [3.8, 4) is 5.75 Å². The number of carbonyl (C=O) groups excluding carboxylic acids is 1. The van der Waals surface area contributed by atoms with Crippen molar-refractivity contribution >= 4 is 5.91 Å². The number of amides is 1. The molecule has 0 bridgehead atoms. The normalized spacial score (nSPS) is 13.1.